The highest BCUT2D eigenvalue weighted by molar-refractivity contribution is 6.16. The molecule has 0 bridgehead atoms. The number of nitrogens with one attached hydrogen (secondary N) is 1. The van der Waals surface area contributed by atoms with E-state index in [-0.39, 0.29) is 0 Å². The minimum absolute atomic E-state index is 0.336. The first-order valence-corrected chi connectivity index (χ1v) is 5.80. The van der Waals surface area contributed by atoms with E-state index in [1.54, 1.807) is 0 Å². The molecule has 0 radical (unpaired) electrons. The van der Waals surface area contributed by atoms with Gasteiger partial charge in [0.1, 0.15) is 17.4 Å². The highest BCUT2D eigenvalue weighted by atomic mass is 35.5. The third kappa shape index (κ3) is 1.77. The van der Waals surface area contributed by atoms with E-state index in [9.17, 15) is 5.26 Å². The van der Waals surface area contributed by atoms with Crippen LogP contribution >= 0.6 is 11.6 Å². The van der Waals surface area contributed by atoms with E-state index < -0.39 is 0 Å². The van der Waals surface area contributed by atoms with Gasteiger partial charge in [-0.3, -0.25) is 0 Å². The molecule has 2 rings (SSSR count). The summed E-state index contributed by atoms with van der Waals surface area (Å²) >= 11 is 5.72. The highest BCUT2D eigenvalue weighted by Gasteiger charge is 2.10. The van der Waals surface area contributed by atoms with E-state index in [2.05, 4.69) is 23.0 Å². The maximum Gasteiger partial charge on any atom is 0.122 e. The molecule has 0 aliphatic carbocycles. The van der Waals surface area contributed by atoms with Crippen LogP contribution in [0.15, 0.2) is 12.1 Å². The lowest BCUT2D eigenvalue weighted by Gasteiger charge is -2.01. The fourth-order valence-electron chi connectivity index (χ4n) is 1.83. The van der Waals surface area contributed by atoms with Crippen LogP contribution in [0.1, 0.15) is 30.3 Å². The number of benzene rings is 1. The zero-order chi connectivity index (χ0) is 11.5. The van der Waals surface area contributed by atoms with Gasteiger partial charge >= 0.3 is 0 Å². The molecule has 0 aliphatic rings. The van der Waals surface area contributed by atoms with Gasteiger partial charge in [0, 0.05) is 0 Å². The van der Waals surface area contributed by atoms with Crippen molar-refractivity contribution in [2.45, 2.75) is 25.6 Å². The predicted octanol–water partition coefficient (Wildman–Crippen LogP) is 3.13. The summed E-state index contributed by atoms with van der Waals surface area (Å²) in [5.74, 6) is 1.05. The second kappa shape index (κ2) is 4.54. The Labute approximate surface area is 99.1 Å². The van der Waals surface area contributed by atoms with Crippen LogP contribution in [0.3, 0.4) is 0 Å². The second-order valence-corrected chi connectivity index (χ2v) is 3.94. The first-order valence-electron chi connectivity index (χ1n) is 5.26. The molecular weight excluding hydrogens is 222 g/mol. The number of imidazole rings is 1. The molecule has 0 saturated heterocycles. The SMILES string of the molecule is CCCc1ccc2[nH]c(CCl)nc2c1C#N. The molecule has 1 aromatic carbocycles. The Kier molecular flexibility index (Phi) is 3.12. The average molecular weight is 234 g/mol. The maximum absolute atomic E-state index is 9.19. The molecule has 82 valence electrons. The summed E-state index contributed by atoms with van der Waals surface area (Å²) in [5.41, 5.74) is 3.35. The highest BCUT2D eigenvalue weighted by Crippen LogP contribution is 2.21. The Morgan fingerprint density at radius 3 is 2.94 bits per heavy atom. The molecule has 0 atom stereocenters. The normalized spacial score (nSPS) is 10.6. The molecule has 1 N–H and O–H groups in total. The van der Waals surface area contributed by atoms with Crippen LogP contribution in [0.2, 0.25) is 0 Å². The standard InChI is InChI=1S/C12H12ClN3/c1-2-3-8-4-5-10-12(9(8)7-14)16-11(6-13)15-10/h4-5H,2-3,6H2,1H3,(H,15,16). The largest absolute Gasteiger partial charge is 0.341 e. The first-order chi connectivity index (χ1) is 7.80. The number of hydrogen-bond donors (Lipinski definition) is 1. The molecule has 1 heterocycles. The Morgan fingerprint density at radius 1 is 1.50 bits per heavy atom. The monoisotopic (exact) mass is 233 g/mol. The number of alkyl halides is 1. The molecule has 0 aliphatic heterocycles. The van der Waals surface area contributed by atoms with Crippen molar-refractivity contribution < 1.29 is 0 Å². The second-order valence-electron chi connectivity index (χ2n) is 3.67. The van der Waals surface area contributed by atoms with Crippen LogP contribution in [-0.2, 0) is 12.3 Å². The van der Waals surface area contributed by atoms with Crippen molar-refractivity contribution in [2.75, 3.05) is 0 Å². The van der Waals surface area contributed by atoms with E-state index in [4.69, 9.17) is 11.6 Å². The number of nitrogens with zero attached hydrogens (tertiary/aromatic N) is 2. The van der Waals surface area contributed by atoms with Crippen molar-refractivity contribution in [3.63, 3.8) is 0 Å². The summed E-state index contributed by atoms with van der Waals surface area (Å²) in [5, 5.41) is 9.19. The van der Waals surface area contributed by atoms with Gasteiger partial charge in [-0.15, -0.1) is 11.6 Å². The van der Waals surface area contributed by atoms with Crippen LogP contribution < -0.4 is 0 Å². The number of halogens is 1. The van der Waals surface area contributed by atoms with E-state index in [1.807, 2.05) is 12.1 Å². The van der Waals surface area contributed by atoms with Crippen molar-refractivity contribution in [3.05, 3.63) is 29.1 Å². The third-order valence-corrected chi connectivity index (χ3v) is 2.80. The zero-order valence-corrected chi connectivity index (χ0v) is 9.80. The van der Waals surface area contributed by atoms with Gasteiger partial charge in [0.25, 0.3) is 0 Å². The number of nitriles is 1. The summed E-state index contributed by atoms with van der Waals surface area (Å²) in [6, 6.07) is 6.18. The maximum atomic E-state index is 9.19. The van der Waals surface area contributed by atoms with Gasteiger partial charge in [-0.2, -0.15) is 5.26 Å². The molecule has 0 spiro atoms. The molecule has 0 saturated carbocycles. The fraction of sp³-hybridized carbons (Fsp3) is 0.333. The Morgan fingerprint density at radius 2 is 2.31 bits per heavy atom. The third-order valence-electron chi connectivity index (χ3n) is 2.55. The topological polar surface area (TPSA) is 52.5 Å². The van der Waals surface area contributed by atoms with Gasteiger partial charge in [0.05, 0.1) is 17.0 Å². The lowest BCUT2D eigenvalue weighted by molar-refractivity contribution is 0.920. The first kappa shape index (κ1) is 11.0. The zero-order valence-electron chi connectivity index (χ0n) is 9.05. The molecular formula is C12H12ClN3. The molecule has 3 nitrogen and oxygen atoms in total. The number of fused-ring (bicyclic) bond motifs is 1. The van der Waals surface area contributed by atoms with E-state index in [0.717, 1.165) is 29.4 Å². The number of hydrogen-bond acceptors (Lipinski definition) is 2. The van der Waals surface area contributed by atoms with Crippen molar-refractivity contribution in [3.8, 4) is 6.07 Å². The summed E-state index contributed by atoms with van der Waals surface area (Å²) in [7, 11) is 0. The minimum atomic E-state index is 0.336. The Hall–Kier alpha value is -1.53. The van der Waals surface area contributed by atoms with Crippen LogP contribution in [0.5, 0.6) is 0 Å². The van der Waals surface area contributed by atoms with E-state index >= 15 is 0 Å². The van der Waals surface area contributed by atoms with Gasteiger partial charge in [-0.05, 0) is 18.1 Å². The van der Waals surface area contributed by atoms with Crippen LogP contribution in [-0.4, -0.2) is 9.97 Å². The number of aromatic amines is 1. The number of aryl methyl sites for hydroxylation is 1. The molecule has 0 unspecified atom stereocenters. The van der Waals surface area contributed by atoms with Gasteiger partial charge in [0.15, 0.2) is 0 Å². The van der Waals surface area contributed by atoms with Gasteiger partial charge in [0.2, 0.25) is 0 Å². The molecule has 4 heteroatoms. The minimum Gasteiger partial charge on any atom is -0.341 e. The van der Waals surface area contributed by atoms with Gasteiger partial charge < -0.3 is 4.98 Å². The van der Waals surface area contributed by atoms with Crippen molar-refractivity contribution in [1.29, 1.82) is 5.26 Å². The molecule has 1 aromatic heterocycles. The summed E-state index contributed by atoms with van der Waals surface area (Å²) in [6.45, 7) is 2.10. The van der Waals surface area contributed by atoms with Gasteiger partial charge in [-0.25, -0.2) is 4.98 Å². The molecule has 0 fully saturated rings. The summed E-state index contributed by atoms with van der Waals surface area (Å²) in [6.07, 6.45) is 1.93. The Balaban J connectivity index is 2.65. The molecule has 0 amide bonds. The van der Waals surface area contributed by atoms with Crippen molar-refractivity contribution >= 4 is 22.6 Å². The van der Waals surface area contributed by atoms with Crippen LogP contribution in [0.4, 0.5) is 0 Å². The molecule has 2 aromatic rings. The van der Waals surface area contributed by atoms with Gasteiger partial charge in [-0.1, -0.05) is 19.4 Å². The average Bonchev–Trinajstić information content (AvgIpc) is 2.72. The summed E-state index contributed by atoms with van der Waals surface area (Å²) in [4.78, 5) is 7.43. The van der Waals surface area contributed by atoms with Crippen LogP contribution in [0, 0.1) is 11.3 Å². The smallest absolute Gasteiger partial charge is 0.122 e. The summed E-state index contributed by atoms with van der Waals surface area (Å²) < 4.78 is 0. The predicted molar refractivity (Wildman–Crippen MR) is 64.4 cm³/mol. The lowest BCUT2D eigenvalue weighted by Crippen LogP contribution is -1.90. The quantitative estimate of drug-likeness (QED) is 0.829. The fourth-order valence-corrected chi connectivity index (χ4v) is 1.96. The molecule has 16 heavy (non-hydrogen) atoms. The van der Waals surface area contributed by atoms with Crippen molar-refractivity contribution in [1.82, 2.24) is 9.97 Å². The number of H-pyrrole nitrogens is 1. The van der Waals surface area contributed by atoms with E-state index in [0.29, 0.717) is 17.3 Å². The van der Waals surface area contributed by atoms with E-state index in [1.165, 1.54) is 0 Å². The van der Waals surface area contributed by atoms with Crippen molar-refractivity contribution in [2.24, 2.45) is 0 Å². The number of aromatic nitrogens is 2. The number of rotatable bonds is 3. The Bertz CT molecular complexity index is 551. The lowest BCUT2D eigenvalue weighted by atomic mass is 10.0. The van der Waals surface area contributed by atoms with Crippen LogP contribution in [0.25, 0.3) is 11.0 Å².